The molecule has 0 aliphatic rings. The van der Waals surface area contributed by atoms with Crippen LogP contribution in [0.3, 0.4) is 0 Å². The lowest BCUT2D eigenvalue weighted by molar-refractivity contribution is -0.137. The second kappa shape index (κ2) is 8.39. The Hall–Kier alpha value is -3.00. The number of rotatable bonds is 6. The predicted molar refractivity (Wildman–Crippen MR) is 104 cm³/mol. The van der Waals surface area contributed by atoms with Gasteiger partial charge in [0.05, 0.1) is 10.6 Å². The maximum atomic E-state index is 12.9. The van der Waals surface area contributed by atoms with E-state index in [1.54, 1.807) is 35.9 Å². The number of nitrogens with zero attached hydrogens (tertiary/aromatic N) is 1. The molecule has 0 radical (unpaired) electrons. The number of benzene rings is 2. The van der Waals surface area contributed by atoms with Crippen molar-refractivity contribution in [2.75, 3.05) is 0 Å². The number of halogens is 4. The first-order valence-corrected chi connectivity index (χ1v) is 9.24. The smallest absolute Gasteiger partial charge is 0.417 e. The lowest BCUT2D eigenvalue weighted by atomic mass is 10.1. The Balaban J connectivity index is 2.04. The summed E-state index contributed by atoms with van der Waals surface area (Å²) in [4.78, 5) is 22.0. The van der Waals surface area contributed by atoms with Crippen LogP contribution in [0.25, 0.3) is 10.9 Å². The Labute approximate surface area is 174 Å². The maximum absolute atomic E-state index is 12.9. The SMILES string of the molecule is CC(=O)Oc1ccc2c(c1)c(C(C)OC=O)cn2Cc1ccc(C(F)(F)F)c(Cl)c1. The van der Waals surface area contributed by atoms with Crippen molar-refractivity contribution in [2.24, 2.45) is 0 Å². The van der Waals surface area contributed by atoms with Crippen molar-refractivity contribution in [1.29, 1.82) is 0 Å². The molecule has 0 aliphatic heterocycles. The lowest BCUT2D eigenvalue weighted by Crippen LogP contribution is -2.07. The molecule has 0 amide bonds. The van der Waals surface area contributed by atoms with Crippen molar-refractivity contribution >= 4 is 34.9 Å². The first kappa shape index (κ1) is 21.7. The quantitative estimate of drug-likeness (QED) is 0.288. The molecule has 5 nitrogen and oxygen atoms in total. The molecule has 0 bridgehead atoms. The van der Waals surface area contributed by atoms with Gasteiger partial charge in [0.15, 0.2) is 0 Å². The molecule has 0 aliphatic carbocycles. The van der Waals surface area contributed by atoms with E-state index in [4.69, 9.17) is 21.1 Å². The van der Waals surface area contributed by atoms with Gasteiger partial charge in [0, 0.05) is 36.1 Å². The fourth-order valence-electron chi connectivity index (χ4n) is 3.23. The first-order valence-electron chi connectivity index (χ1n) is 8.86. The average molecular weight is 440 g/mol. The highest BCUT2D eigenvalue weighted by atomic mass is 35.5. The van der Waals surface area contributed by atoms with Gasteiger partial charge in [-0.1, -0.05) is 17.7 Å². The van der Waals surface area contributed by atoms with Gasteiger partial charge >= 0.3 is 12.1 Å². The molecule has 9 heteroatoms. The van der Waals surface area contributed by atoms with Crippen LogP contribution in [0.15, 0.2) is 42.6 Å². The third kappa shape index (κ3) is 4.59. The lowest BCUT2D eigenvalue weighted by Gasteiger charge is -2.11. The molecule has 0 N–H and O–H groups in total. The van der Waals surface area contributed by atoms with Gasteiger partial charge < -0.3 is 14.0 Å². The third-order valence-electron chi connectivity index (χ3n) is 4.53. The molecule has 3 rings (SSSR count). The summed E-state index contributed by atoms with van der Waals surface area (Å²) in [7, 11) is 0. The number of ether oxygens (including phenoxy) is 2. The van der Waals surface area contributed by atoms with E-state index in [2.05, 4.69) is 0 Å². The molecule has 1 atom stereocenters. The van der Waals surface area contributed by atoms with Gasteiger partial charge in [-0.3, -0.25) is 9.59 Å². The average Bonchev–Trinajstić information content (AvgIpc) is 2.98. The highest BCUT2D eigenvalue weighted by Crippen LogP contribution is 2.36. The number of fused-ring (bicyclic) bond motifs is 1. The standard InChI is InChI=1S/C21H17ClF3NO4/c1-12(29-11-27)17-10-26(20-6-4-15(8-16(17)20)30-13(2)28)9-14-3-5-18(19(22)7-14)21(23,24)25/h3-8,10-12H,9H2,1-2H3. The fourth-order valence-corrected chi connectivity index (χ4v) is 3.54. The van der Waals surface area contributed by atoms with E-state index in [9.17, 15) is 22.8 Å². The molecule has 0 saturated heterocycles. The van der Waals surface area contributed by atoms with Crippen LogP contribution in [-0.4, -0.2) is 17.0 Å². The van der Waals surface area contributed by atoms with Crippen LogP contribution in [0.5, 0.6) is 5.75 Å². The normalized spacial score (nSPS) is 12.6. The molecule has 3 aromatic rings. The summed E-state index contributed by atoms with van der Waals surface area (Å²) >= 11 is 5.83. The molecular formula is C21H17ClF3NO4. The molecular weight excluding hydrogens is 423 g/mol. The zero-order valence-corrected chi connectivity index (χ0v) is 16.8. The number of hydrogen-bond acceptors (Lipinski definition) is 4. The zero-order chi connectivity index (χ0) is 22.1. The Morgan fingerprint density at radius 2 is 1.97 bits per heavy atom. The summed E-state index contributed by atoms with van der Waals surface area (Å²) in [6, 6.07) is 8.55. The Kier molecular flexibility index (Phi) is 6.07. The van der Waals surface area contributed by atoms with Gasteiger partial charge in [0.1, 0.15) is 11.9 Å². The van der Waals surface area contributed by atoms with Crippen molar-refractivity contribution < 1.29 is 32.2 Å². The first-order chi connectivity index (χ1) is 14.1. The number of carbonyl (C=O) groups is 2. The second-order valence-electron chi connectivity index (χ2n) is 6.67. The van der Waals surface area contributed by atoms with Crippen molar-refractivity contribution in [3.8, 4) is 5.75 Å². The van der Waals surface area contributed by atoms with Crippen LogP contribution in [0, 0.1) is 0 Å². The Bertz CT molecular complexity index is 1110. The van der Waals surface area contributed by atoms with E-state index < -0.39 is 23.8 Å². The topological polar surface area (TPSA) is 57.5 Å². The summed E-state index contributed by atoms with van der Waals surface area (Å²) in [5, 5.41) is 0.299. The number of hydrogen-bond donors (Lipinski definition) is 0. The van der Waals surface area contributed by atoms with Gasteiger partial charge in [0.25, 0.3) is 6.47 Å². The molecule has 0 saturated carbocycles. The summed E-state index contributed by atoms with van der Waals surface area (Å²) < 4.78 is 50.8. The summed E-state index contributed by atoms with van der Waals surface area (Å²) in [6.07, 6.45) is -3.38. The predicted octanol–water partition coefficient (Wildman–Crippen LogP) is 5.52. The highest BCUT2D eigenvalue weighted by molar-refractivity contribution is 6.31. The van der Waals surface area contributed by atoms with Gasteiger partial charge in [-0.15, -0.1) is 0 Å². The number of esters is 1. The van der Waals surface area contributed by atoms with E-state index in [1.807, 2.05) is 0 Å². The van der Waals surface area contributed by atoms with E-state index >= 15 is 0 Å². The second-order valence-corrected chi connectivity index (χ2v) is 7.08. The zero-order valence-electron chi connectivity index (χ0n) is 16.0. The number of aromatic nitrogens is 1. The van der Waals surface area contributed by atoms with E-state index in [0.717, 1.165) is 11.6 Å². The summed E-state index contributed by atoms with van der Waals surface area (Å²) in [5.41, 5.74) is 1.04. The van der Waals surface area contributed by atoms with Crippen molar-refractivity contribution in [3.05, 3.63) is 64.3 Å². The van der Waals surface area contributed by atoms with Crippen LogP contribution in [0.1, 0.15) is 36.6 Å². The van der Waals surface area contributed by atoms with Crippen LogP contribution in [-0.2, 0) is 27.0 Å². The Morgan fingerprint density at radius 3 is 2.57 bits per heavy atom. The highest BCUT2D eigenvalue weighted by Gasteiger charge is 2.33. The summed E-state index contributed by atoms with van der Waals surface area (Å²) in [5.74, 6) is -0.156. The van der Waals surface area contributed by atoms with E-state index in [1.165, 1.54) is 19.1 Å². The summed E-state index contributed by atoms with van der Waals surface area (Å²) in [6.45, 7) is 3.53. The monoisotopic (exact) mass is 439 g/mol. The van der Waals surface area contributed by atoms with Gasteiger partial charge in [-0.05, 0) is 42.8 Å². The molecule has 2 aromatic carbocycles. The van der Waals surface area contributed by atoms with Gasteiger partial charge in [-0.2, -0.15) is 13.2 Å². The minimum absolute atomic E-state index is 0.231. The number of alkyl halides is 3. The van der Waals surface area contributed by atoms with Crippen LogP contribution >= 0.6 is 11.6 Å². The van der Waals surface area contributed by atoms with E-state index in [0.29, 0.717) is 28.7 Å². The number of carbonyl (C=O) groups excluding carboxylic acids is 2. The van der Waals surface area contributed by atoms with Crippen LogP contribution < -0.4 is 4.74 Å². The van der Waals surface area contributed by atoms with Gasteiger partial charge in [0.2, 0.25) is 0 Å². The minimum atomic E-state index is -4.53. The van der Waals surface area contributed by atoms with Crippen LogP contribution in [0.4, 0.5) is 13.2 Å². The van der Waals surface area contributed by atoms with E-state index in [-0.39, 0.29) is 11.6 Å². The maximum Gasteiger partial charge on any atom is 0.417 e. The molecule has 0 spiro atoms. The fraction of sp³-hybridized carbons (Fsp3) is 0.238. The molecule has 158 valence electrons. The molecule has 1 heterocycles. The molecule has 1 aromatic heterocycles. The minimum Gasteiger partial charge on any atom is -0.460 e. The third-order valence-corrected chi connectivity index (χ3v) is 4.85. The van der Waals surface area contributed by atoms with Crippen molar-refractivity contribution in [1.82, 2.24) is 4.57 Å². The Morgan fingerprint density at radius 1 is 1.23 bits per heavy atom. The molecule has 0 fully saturated rings. The van der Waals surface area contributed by atoms with Crippen molar-refractivity contribution in [2.45, 2.75) is 32.7 Å². The van der Waals surface area contributed by atoms with Crippen molar-refractivity contribution in [3.63, 3.8) is 0 Å². The van der Waals surface area contributed by atoms with Gasteiger partial charge in [-0.25, -0.2) is 0 Å². The molecule has 30 heavy (non-hydrogen) atoms. The largest absolute Gasteiger partial charge is 0.460 e. The molecule has 1 unspecified atom stereocenters. The van der Waals surface area contributed by atoms with Crippen LogP contribution in [0.2, 0.25) is 5.02 Å².